The molecule has 0 aliphatic rings. The molecule has 0 fully saturated rings. The van der Waals surface area contributed by atoms with Gasteiger partial charge in [0.25, 0.3) is 5.88 Å². The molecule has 4 N–H and O–H groups in total. The maximum atomic E-state index is 10.3. The lowest BCUT2D eigenvalue weighted by atomic mass is 10.1. The van der Waals surface area contributed by atoms with Gasteiger partial charge in [-0.05, 0) is 42.5 Å². The van der Waals surface area contributed by atoms with Crippen molar-refractivity contribution in [1.82, 2.24) is 29.9 Å². The predicted molar refractivity (Wildman–Crippen MR) is 246 cm³/mol. The van der Waals surface area contributed by atoms with Crippen molar-refractivity contribution >= 4 is 69.3 Å². The predicted octanol–water partition coefficient (Wildman–Crippen LogP) is 7.87. The van der Waals surface area contributed by atoms with Crippen LogP contribution in [0.3, 0.4) is 0 Å². The van der Waals surface area contributed by atoms with E-state index >= 15 is 0 Å². The van der Waals surface area contributed by atoms with Gasteiger partial charge in [-0.3, -0.25) is 25.0 Å². The van der Waals surface area contributed by atoms with Crippen LogP contribution in [0.25, 0.3) is 0 Å². The van der Waals surface area contributed by atoms with Gasteiger partial charge in [-0.15, -0.1) is 22.9 Å². The van der Waals surface area contributed by atoms with Crippen LogP contribution in [-0.2, 0) is 22.4 Å². The molecule has 0 spiro atoms. The van der Waals surface area contributed by atoms with Gasteiger partial charge in [0.1, 0.15) is 12.6 Å². The zero-order valence-electron chi connectivity index (χ0n) is 35.6. The second kappa shape index (κ2) is 34.3. The van der Waals surface area contributed by atoms with Crippen molar-refractivity contribution in [2.45, 2.75) is 32.1 Å². The highest BCUT2D eigenvalue weighted by molar-refractivity contribution is 7.15. The van der Waals surface area contributed by atoms with Crippen LogP contribution >= 0.6 is 34.5 Å². The number of aromatic nitrogens is 6. The molecular formula is C41H48Cl2N10O10S. The SMILES string of the molecule is C=CC=O.CC.COc1ncccc1CC(Cl)C=O.COc1ncccc1Cc1cnc(N)s1.COc1ncccc1N.COc1ncccc1[N+](=O)[O-].O=[N+]([O-])c1cccnc1Cl. The number of rotatable bonds is 12. The number of hydrogen-bond donors (Lipinski definition) is 2. The minimum absolute atomic E-state index is 0.0394. The Hall–Kier alpha value is -7.36. The number of carbonyl (C=O) groups is 2. The van der Waals surface area contributed by atoms with E-state index in [0.29, 0.717) is 47.5 Å². The van der Waals surface area contributed by atoms with Crippen molar-refractivity contribution in [2.75, 3.05) is 39.9 Å². The van der Waals surface area contributed by atoms with Gasteiger partial charge in [-0.2, -0.15) is 0 Å². The second-order valence-corrected chi connectivity index (χ2v) is 12.9. The number of nitrogen functional groups attached to an aromatic ring is 2. The van der Waals surface area contributed by atoms with E-state index in [9.17, 15) is 25.0 Å². The Morgan fingerprint density at radius 3 is 1.53 bits per heavy atom. The molecule has 1 atom stereocenters. The summed E-state index contributed by atoms with van der Waals surface area (Å²) < 4.78 is 19.6. The first-order chi connectivity index (χ1) is 30.8. The summed E-state index contributed by atoms with van der Waals surface area (Å²) in [4.78, 5) is 62.9. The number of methoxy groups -OCH3 is 4. The van der Waals surface area contributed by atoms with Crippen LogP contribution in [0.4, 0.5) is 22.2 Å². The summed E-state index contributed by atoms with van der Waals surface area (Å²) in [6, 6.07) is 16.6. The average molecular weight is 944 g/mol. The first-order valence-corrected chi connectivity index (χ1v) is 19.9. The van der Waals surface area contributed by atoms with Crippen LogP contribution in [0.5, 0.6) is 23.5 Å². The van der Waals surface area contributed by atoms with Crippen molar-refractivity contribution in [3.8, 4) is 23.5 Å². The molecular weight excluding hydrogens is 895 g/mol. The fraction of sp³-hybridized carbons (Fsp3) is 0.220. The molecule has 342 valence electrons. The molecule has 0 saturated heterocycles. The normalized spacial score (nSPS) is 9.56. The maximum Gasteiger partial charge on any atom is 0.330 e. The van der Waals surface area contributed by atoms with Crippen LogP contribution in [0, 0.1) is 20.2 Å². The molecule has 1 unspecified atom stereocenters. The largest absolute Gasteiger partial charge is 0.481 e. The zero-order valence-corrected chi connectivity index (χ0v) is 38.0. The topological polar surface area (TPSA) is 287 Å². The Morgan fingerprint density at radius 1 is 0.703 bits per heavy atom. The Kier molecular flexibility index (Phi) is 30.3. The van der Waals surface area contributed by atoms with E-state index in [1.165, 1.54) is 68.3 Å². The summed E-state index contributed by atoms with van der Waals surface area (Å²) in [6.07, 6.45) is 13.3. The first kappa shape index (κ1) is 56.6. The van der Waals surface area contributed by atoms with E-state index in [1.807, 2.05) is 32.0 Å². The van der Waals surface area contributed by atoms with Crippen molar-refractivity contribution in [3.63, 3.8) is 0 Å². The molecule has 6 heterocycles. The number of pyridine rings is 5. The fourth-order valence-electron chi connectivity index (χ4n) is 4.12. The summed E-state index contributed by atoms with van der Waals surface area (Å²) in [5.74, 6) is 1.70. The molecule has 6 aromatic rings. The number of carbonyl (C=O) groups excluding carboxylic acids is 2. The summed E-state index contributed by atoms with van der Waals surface area (Å²) in [5.41, 5.74) is 13.2. The van der Waals surface area contributed by atoms with Crippen molar-refractivity contribution in [1.29, 1.82) is 0 Å². The number of nitrogens with zero attached hydrogens (tertiary/aromatic N) is 8. The Bertz CT molecular complexity index is 2290. The molecule has 0 amide bonds. The summed E-state index contributed by atoms with van der Waals surface area (Å²) in [7, 11) is 6.04. The minimum atomic E-state index is -0.574. The zero-order chi connectivity index (χ0) is 48.3. The van der Waals surface area contributed by atoms with Gasteiger partial charge in [-0.1, -0.05) is 44.2 Å². The van der Waals surface area contributed by atoms with Crippen LogP contribution < -0.4 is 30.4 Å². The number of halogens is 2. The Balaban J connectivity index is 0.000000758. The molecule has 64 heavy (non-hydrogen) atoms. The molecule has 0 radical (unpaired) electrons. The van der Waals surface area contributed by atoms with Crippen LogP contribution in [0.2, 0.25) is 5.15 Å². The molecule has 6 aromatic heterocycles. The molecule has 20 nitrogen and oxygen atoms in total. The van der Waals surface area contributed by atoms with E-state index < -0.39 is 15.2 Å². The molecule has 0 aliphatic carbocycles. The molecule has 0 aliphatic heterocycles. The van der Waals surface area contributed by atoms with Crippen molar-refractivity contribution < 1.29 is 38.4 Å². The van der Waals surface area contributed by atoms with E-state index in [-0.39, 0.29) is 22.4 Å². The number of nitro groups is 2. The summed E-state index contributed by atoms with van der Waals surface area (Å²) in [5, 5.41) is 20.4. The number of anilines is 2. The number of allylic oxidation sites excluding steroid dienone is 1. The lowest BCUT2D eigenvalue weighted by Gasteiger charge is -2.06. The number of ether oxygens (including phenoxy) is 4. The molecule has 0 saturated carbocycles. The molecule has 0 aromatic carbocycles. The number of hydrogen-bond acceptors (Lipinski definition) is 19. The first-order valence-electron chi connectivity index (χ1n) is 18.2. The lowest BCUT2D eigenvalue weighted by Crippen LogP contribution is -2.06. The smallest absolute Gasteiger partial charge is 0.330 e. The lowest BCUT2D eigenvalue weighted by molar-refractivity contribution is -0.386. The van der Waals surface area contributed by atoms with E-state index in [4.69, 9.17) is 53.7 Å². The van der Waals surface area contributed by atoms with Gasteiger partial charge >= 0.3 is 11.4 Å². The Labute approximate surface area is 383 Å². The van der Waals surface area contributed by atoms with Crippen molar-refractivity contribution in [3.05, 3.63) is 152 Å². The second-order valence-electron chi connectivity index (χ2n) is 10.9. The van der Waals surface area contributed by atoms with E-state index in [0.717, 1.165) is 22.4 Å². The van der Waals surface area contributed by atoms with Gasteiger partial charge in [0.2, 0.25) is 22.8 Å². The third kappa shape index (κ3) is 22.5. The standard InChI is InChI=1S/C10H11N3OS.C9H10ClNO2.C6H6N2O3.C6H8N2O.C5H3ClN2O2.C3H4O.C2H6/c1-14-9-7(3-2-4-12-9)5-8-6-13-10(11)15-8;1-13-9-7(3-2-4-11-9)5-8(10)6-12;1-11-6-5(8(9)10)3-2-4-7-6;1-9-6-5(7)3-2-4-8-6;6-5-4(8(9)10)2-1-3-7-5;1-2-3-4;1-2/h2-4,6H,5H2,1H3,(H2,11,13);2-4,6,8H,5H2,1H3;2-4H,1H3;2-4H,7H2,1H3;1-3H;2-3H,1H2;1-2H3. The number of aldehydes is 2. The number of alkyl halides is 1. The number of thiazole rings is 1. The molecule has 23 heteroatoms. The van der Waals surface area contributed by atoms with E-state index in [2.05, 4.69) is 41.2 Å². The maximum absolute atomic E-state index is 10.3. The fourth-order valence-corrected chi connectivity index (χ4v) is 5.18. The highest BCUT2D eigenvalue weighted by atomic mass is 35.5. The summed E-state index contributed by atoms with van der Waals surface area (Å²) >= 11 is 12.5. The van der Waals surface area contributed by atoms with Gasteiger partial charge in [0, 0.05) is 78.2 Å². The van der Waals surface area contributed by atoms with E-state index in [1.54, 1.807) is 57.2 Å². The third-order valence-electron chi connectivity index (χ3n) is 6.75. The number of nitrogens with two attached hydrogens (primary N) is 2. The van der Waals surface area contributed by atoms with Gasteiger partial charge in [-0.25, -0.2) is 29.9 Å². The van der Waals surface area contributed by atoms with Crippen LogP contribution in [0.1, 0.15) is 29.9 Å². The highest BCUT2D eigenvalue weighted by Crippen LogP contribution is 2.24. The van der Waals surface area contributed by atoms with Crippen LogP contribution in [-0.4, -0.2) is 86.1 Å². The highest BCUT2D eigenvalue weighted by Gasteiger charge is 2.14. The van der Waals surface area contributed by atoms with Crippen molar-refractivity contribution in [2.24, 2.45) is 0 Å². The van der Waals surface area contributed by atoms with Crippen LogP contribution in [0.15, 0.2) is 110 Å². The third-order valence-corrected chi connectivity index (χ3v) is 8.13. The molecule has 6 rings (SSSR count). The monoisotopic (exact) mass is 942 g/mol. The van der Waals surface area contributed by atoms with Gasteiger partial charge < -0.3 is 35.2 Å². The minimum Gasteiger partial charge on any atom is -0.481 e. The van der Waals surface area contributed by atoms with Gasteiger partial charge in [0.05, 0.1) is 49.4 Å². The van der Waals surface area contributed by atoms with Gasteiger partial charge in [0.15, 0.2) is 5.13 Å². The summed E-state index contributed by atoms with van der Waals surface area (Å²) in [6.45, 7) is 7.11. The molecule has 0 bridgehead atoms. The quantitative estimate of drug-likeness (QED) is 0.0294. The average Bonchev–Trinajstić information content (AvgIpc) is 3.74. The Morgan fingerprint density at radius 2 is 1.14 bits per heavy atom.